The third kappa shape index (κ3) is 11.8. The quantitative estimate of drug-likeness (QED) is 0.0231. The highest BCUT2D eigenvalue weighted by Gasteiger charge is 2.61. The summed E-state index contributed by atoms with van der Waals surface area (Å²) in [7, 11) is 5.18. The van der Waals surface area contributed by atoms with Gasteiger partial charge < -0.3 is 70.3 Å². The largest absolute Gasteiger partial charge is 0.502 e. The number of hydrogen-bond donors (Lipinski definition) is 10. The fourth-order valence-corrected chi connectivity index (χ4v) is 19.6. The van der Waals surface area contributed by atoms with Crippen molar-refractivity contribution in [3.05, 3.63) is 105 Å². The van der Waals surface area contributed by atoms with Crippen molar-refractivity contribution in [1.82, 2.24) is 20.9 Å². The van der Waals surface area contributed by atoms with Crippen LogP contribution in [0.2, 0.25) is 0 Å². The maximum absolute atomic E-state index is 14.5. The highest BCUT2D eigenvalue weighted by atomic mass is 16.5. The molecule has 0 bridgehead atoms. The molecule has 0 aromatic heterocycles. The number of aliphatic hydroxyl groups is 5. The Balaban J connectivity index is 0.824. The molecule has 18 nitrogen and oxygen atoms in total. The van der Waals surface area contributed by atoms with Crippen molar-refractivity contribution in [2.24, 2.45) is 35.0 Å². The average molecular weight is 1310 g/mol. The smallest absolute Gasteiger partial charge is 0.258 e. The van der Waals surface area contributed by atoms with Crippen LogP contribution in [0.25, 0.3) is 17.2 Å². The Hall–Kier alpha value is -6.22. The van der Waals surface area contributed by atoms with Crippen molar-refractivity contribution in [2.75, 3.05) is 66.0 Å². The predicted molar refractivity (Wildman–Crippen MR) is 365 cm³/mol. The minimum Gasteiger partial charge on any atom is -0.502 e. The van der Waals surface area contributed by atoms with E-state index in [1.807, 2.05) is 31.3 Å². The van der Waals surface area contributed by atoms with Crippen molar-refractivity contribution >= 4 is 23.6 Å². The van der Waals surface area contributed by atoms with Gasteiger partial charge in [0.2, 0.25) is 5.75 Å². The van der Waals surface area contributed by atoms with Gasteiger partial charge in [-0.3, -0.25) is 19.8 Å². The molecule has 4 aromatic rings. The number of carbonyl (C=O) groups is 2. The second-order valence-corrected chi connectivity index (χ2v) is 29.9. The summed E-state index contributed by atoms with van der Waals surface area (Å²) in [6, 6.07) is 15.9. The van der Waals surface area contributed by atoms with E-state index in [1.54, 1.807) is 31.0 Å². The van der Waals surface area contributed by atoms with Gasteiger partial charge in [-0.1, -0.05) is 82.4 Å². The number of fused-ring (bicyclic) bond motifs is 6. The molecule has 4 fully saturated rings. The number of nitrogens with zero attached hydrogens (tertiary/aromatic N) is 1. The number of likely N-dealkylation sites (N-methyl/N-ethyl adjacent to an activating group) is 2. The Bertz CT molecular complexity index is 3580. The molecule has 514 valence electrons. The van der Waals surface area contributed by atoms with Gasteiger partial charge >= 0.3 is 0 Å². The summed E-state index contributed by atoms with van der Waals surface area (Å²) in [5.74, 6) is 0.446. The fourth-order valence-electron chi connectivity index (χ4n) is 19.6. The molecule has 9 aliphatic rings. The standard InChI is InChI=1S/C77H103N5O13/c1-8-74(4,39-59(85)45(3)84)31-26-47-17-14-30-77(55(47)24-20-44(2)81-77)95-62-38-60(92-33-32-78-5)51-22-23-52-66-58(80-72(89)69(62)68(51)66)37-61-67(52)70(87)53(43-94-61)48-34-63(91-7)71(88)64(35-48)93-42-50(41-83)76-29-15-19-56(57(76)25-21-46-16-10-11-18-54(46)76)75(27-12-9-13-28-75)82-65(86)36-49(40-79-6)73(82)90/h10-11,16,18,21,25,34-38,44-45,47,50,53,55-57,59,70,72,78-81,83-85,87-89H,8-9,12-15,17,19-20,22-24,26-33,39-43H2,1-7H3. The average Bonchev–Trinajstić information content (AvgIpc) is 1.17. The molecule has 5 aliphatic carbocycles. The number of methoxy groups -OCH3 is 1. The Labute approximate surface area is 560 Å². The van der Waals surface area contributed by atoms with Crippen LogP contribution in [0.15, 0.2) is 66.3 Å². The van der Waals surface area contributed by atoms with Crippen LogP contribution in [0.5, 0.6) is 34.5 Å². The van der Waals surface area contributed by atoms with E-state index >= 15 is 0 Å². The maximum atomic E-state index is 14.5. The summed E-state index contributed by atoms with van der Waals surface area (Å²) in [4.78, 5) is 30.3. The molecule has 3 saturated carbocycles. The number of anilines is 1. The molecular weight excluding hydrogens is 1200 g/mol. The van der Waals surface area contributed by atoms with E-state index in [0.29, 0.717) is 103 Å². The van der Waals surface area contributed by atoms with Gasteiger partial charge in [-0.15, -0.1) is 0 Å². The first kappa shape index (κ1) is 67.4. The summed E-state index contributed by atoms with van der Waals surface area (Å²) < 4.78 is 33.9. The SMILES string of the molecule is CCC(C)(CCC1CCCC2(Oc3cc(OCCNC)c4c5c3C(O)Nc3cc6c(c(c3-5)CC4)C(O)C(c3cc(OC)c(O)c(OCC(CO)C45CCCC(C7(N8C(=O)C=C(CNC)C8=O)CCCCC7)C4C=Cc4ccccc45)c3)CO6)NC(C)CCC12)CC(O)C(C)O. The summed E-state index contributed by atoms with van der Waals surface area (Å²) in [5.41, 5.74) is 6.50. The van der Waals surface area contributed by atoms with Crippen LogP contribution in [0.1, 0.15) is 194 Å². The molecule has 14 atom stereocenters. The van der Waals surface area contributed by atoms with Gasteiger partial charge in [-0.25, -0.2) is 0 Å². The molecule has 2 amide bonds. The molecule has 14 unspecified atom stereocenters. The predicted octanol–water partition coefficient (Wildman–Crippen LogP) is 10.6. The molecule has 1 saturated heterocycles. The Morgan fingerprint density at radius 3 is 2.40 bits per heavy atom. The molecule has 4 aromatic carbocycles. The van der Waals surface area contributed by atoms with Crippen LogP contribution < -0.4 is 45.0 Å². The number of aliphatic hydroxyl groups excluding tert-OH is 5. The van der Waals surface area contributed by atoms with Gasteiger partial charge in [0.25, 0.3) is 11.8 Å². The van der Waals surface area contributed by atoms with Crippen LogP contribution in [0, 0.1) is 35.0 Å². The zero-order chi connectivity index (χ0) is 66.7. The van der Waals surface area contributed by atoms with Gasteiger partial charge in [-0.2, -0.15) is 0 Å². The van der Waals surface area contributed by atoms with E-state index < -0.39 is 53.1 Å². The number of aromatic hydroxyl groups is 1. The van der Waals surface area contributed by atoms with Gasteiger partial charge in [0, 0.05) is 100 Å². The second-order valence-electron chi connectivity index (χ2n) is 29.9. The lowest BCUT2D eigenvalue weighted by Crippen LogP contribution is -2.65. The van der Waals surface area contributed by atoms with Crippen molar-refractivity contribution in [3.63, 3.8) is 0 Å². The first-order valence-electron chi connectivity index (χ1n) is 35.8. The monoisotopic (exact) mass is 1310 g/mol. The number of allylic oxidation sites excluding steroid dienone is 1. The molecule has 4 heterocycles. The summed E-state index contributed by atoms with van der Waals surface area (Å²) in [6.07, 6.45) is 17.9. The highest BCUT2D eigenvalue weighted by molar-refractivity contribution is 6.17. The normalized spacial score (nSPS) is 29.4. The summed E-state index contributed by atoms with van der Waals surface area (Å²) >= 11 is 0. The molecule has 18 heteroatoms. The number of imide groups is 1. The van der Waals surface area contributed by atoms with E-state index in [9.17, 15) is 40.2 Å². The third-order valence-electron chi connectivity index (χ3n) is 24.6. The van der Waals surface area contributed by atoms with Crippen LogP contribution in [-0.2, 0) is 27.8 Å². The number of nitrogens with one attached hydrogen (secondary N) is 4. The Morgan fingerprint density at radius 2 is 1.64 bits per heavy atom. The maximum Gasteiger partial charge on any atom is 0.258 e. The number of carbonyl (C=O) groups excluding carboxylic acids is 2. The molecule has 10 N–H and O–H groups in total. The van der Waals surface area contributed by atoms with E-state index in [2.05, 4.69) is 66.3 Å². The lowest BCUT2D eigenvalue weighted by molar-refractivity contribution is -0.153. The minimum atomic E-state index is -1.15. The van der Waals surface area contributed by atoms with Crippen LogP contribution in [-0.4, -0.2) is 138 Å². The van der Waals surface area contributed by atoms with E-state index in [-0.39, 0.29) is 78.1 Å². The summed E-state index contributed by atoms with van der Waals surface area (Å²) in [5, 5.41) is 84.6. The number of phenols is 1. The van der Waals surface area contributed by atoms with E-state index in [1.165, 1.54) is 13.2 Å². The van der Waals surface area contributed by atoms with Crippen molar-refractivity contribution < 1.29 is 63.9 Å². The second kappa shape index (κ2) is 27.2. The van der Waals surface area contributed by atoms with Gasteiger partial charge in [0.1, 0.15) is 23.9 Å². The zero-order valence-electron chi connectivity index (χ0n) is 56.9. The van der Waals surface area contributed by atoms with Crippen LogP contribution in [0.4, 0.5) is 5.69 Å². The number of amides is 2. The number of benzene rings is 4. The highest BCUT2D eigenvalue weighted by Crippen LogP contribution is 2.63. The van der Waals surface area contributed by atoms with E-state index in [0.717, 1.165) is 123 Å². The first-order valence-corrected chi connectivity index (χ1v) is 35.8. The van der Waals surface area contributed by atoms with Gasteiger partial charge in [-0.05, 0) is 169 Å². The third-order valence-corrected chi connectivity index (χ3v) is 24.6. The zero-order valence-corrected chi connectivity index (χ0v) is 56.9. The lowest BCUT2D eigenvalue weighted by Gasteiger charge is -2.60. The van der Waals surface area contributed by atoms with Crippen molar-refractivity contribution in [1.29, 1.82) is 0 Å². The molecule has 0 spiro atoms. The first-order chi connectivity index (χ1) is 45.9. The Kier molecular flexibility index (Phi) is 19.3. The molecular formula is C77H103N5O13. The summed E-state index contributed by atoms with van der Waals surface area (Å²) in [6.45, 7) is 9.47. The number of rotatable bonds is 24. The fraction of sp³-hybridized carbons (Fsp3) is 0.610. The van der Waals surface area contributed by atoms with Crippen molar-refractivity contribution in [2.45, 2.75) is 203 Å². The van der Waals surface area contributed by atoms with Gasteiger partial charge in [0.05, 0.1) is 56.3 Å². The number of piperidine rings is 1. The number of hydrogen-bond acceptors (Lipinski definition) is 17. The molecule has 13 rings (SSSR count). The number of ether oxygens (including phenoxy) is 5. The Morgan fingerprint density at radius 1 is 0.863 bits per heavy atom. The molecule has 95 heavy (non-hydrogen) atoms. The topological polar surface area (TPSA) is 253 Å². The van der Waals surface area contributed by atoms with Gasteiger partial charge in [0.15, 0.2) is 23.5 Å². The van der Waals surface area contributed by atoms with E-state index in [4.69, 9.17) is 23.7 Å². The van der Waals surface area contributed by atoms with Crippen LogP contribution >= 0.6 is 0 Å². The molecule has 0 radical (unpaired) electrons. The number of phenolic OH excluding ortho intramolecular Hbond substituents is 1. The minimum absolute atomic E-state index is 0.00748. The van der Waals surface area contributed by atoms with Crippen LogP contribution in [0.3, 0.4) is 0 Å². The van der Waals surface area contributed by atoms with Crippen molar-refractivity contribution in [3.8, 4) is 45.6 Å². The molecule has 4 aliphatic heterocycles. The lowest BCUT2D eigenvalue weighted by atomic mass is 9.47.